The minimum Gasteiger partial charge on any atom is -0.502 e. The van der Waals surface area contributed by atoms with E-state index in [9.17, 15) is 23.6 Å². The summed E-state index contributed by atoms with van der Waals surface area (Å²) in [5.41, 5.74) is -0.641. The van der Waals surface area contributed by atoms with Gasteiger partial charge in [0.1, 0.15) is 0 Å². The SMILES string of the molecule is CNCCCNS(=O)(=O)c1ccc(O)c([N+](=O)[O-])c1. The summed E-state index contributed by atoms with van der Waals surface area (Å²) in [5.74, 6) is -0.570. The minimum atomic E-state index is -3.81. The minimum absolute atomic E-state index is 0.220. The van der Waals surface area contributed by atoms with Gasteiger partial charge in [-0.25, -0.2) is 13.1 Å². The highest BCUT2D eigenvalue weighted by Gasteiger charge is 2.20. The highest BCUT2D eigenvalue weighted by molar-refractivity contribution is 7.89. The Kier molecular flexibility index (Phi) is 5.21. The number of nitrogens with one attached hydrogen (secondary N) is 2. The third-order valence-corrected chi connectivity index (χ3v) is 3.81. The van der Waals surface area contributed by atoms with Crippen LogP contribution in [0.3, 0.4) is 0 Å². The van der Waals surface area contributed by atoms with Gasteiger partial charge in [0.2, 0.25) is 10.0 Å². The van der Waals surface area contributed by atoms with Gasteiger partial charge in [-0.1, -0.05) is 0 Å². The molecule has 8 nitrogen and oxygen atoms in total. The second-order valence-electron chi connectivity index (χ2n) is 3.76. The predicted octanol–water partition coefficient (Wildman–Crippen LogP) is 0.188. The van der Waals surface area contributed by atoms with Gasteiger partial charge in [0.15, 0.2) is 5.75 Å². The van der Waals surface area contributed by atoms with E-state index in [0.717, 1.165) is 18.2 Å². The molecule has 1 aromatic carbocycles. The van der Waals surface area contributed by atoms with E-state index >= 15 is 0 Å². The molecule has 0 heterocycles. The molecule has 0 bridgehead atoms. The van der Waals surface area contributed by atoms with Crippen LogP contribution in [0.5, 0.6) is 5.75 Å². The molecule has 0 amide bonds. The van der Waals surface area contributed by atoms with E-state index < -0.39 is 26.4 Å². The molecule has 9 heteroatoms. The van der Waals surface area contributed by atoms with Crippen LogP contribution in [0.25, 0.3) is 0 Å². The molecule has 0 unspecified atom stereocenters. The van der Waals surface area contributed by atoms with Crippen LogP contribution in [0.1, 0.15) is 6.42 Å². The molecule has 0 fully saturated rings. The van der Waals surface area contributed by atoms with E-state index in [2.05, 4.69) is 10.0 Å². The number of phenolic OH excluding ortho intramolecular Hbond substituents is 1. The van der Waals surface area contributed by atoms with Gasteiger partial charge in [-0.2, -0.15) is 0 Å². The van der Waals surface area contributed by atoms with Crippen molar-refractivity contribution in [3.05, 3.63) is 28.3 Å². The number of nitro benzene ring substituents is 1. The van der Waals surface area contributed by atoms with Crippen molar-refractivity contribution in [2.75, 3.05) is 20.1 Å². The van der Waals surface area contributed by atoms with Crippen molar-refractivity contribution < 1.29 is 18.4 Å². The maximum Gasteiger partial charge on any atom is 0.312 e. The van der Waals surface area contributed by atoms with E-state index in [1.807, 2.05) is 0 Å². The topological polar surface area (TPSA) is 122 Å². The van der Waals surface area contributed by atoms with Crippen LogP contribution < -0.4 is 10.0 Å². The lowest BCUT2D eigenvalue weighted by Gasteiger charge is -2.06. The van der Waals surface area contributed by atoms with Crippen LogP contribution in [0.4, 0.5) is 5.69 Å². The molecular formula is C10H15N3O5S. The van der Waals surface area contributed by atoms with Crippen LogP contribution in [0.15, 0.2) is 23.1 Å². The molecule has 0 aliphatic carbocycles. The summed E-state index contributed by atoms with van der Waals surface area (Å²) >= 11 is 0. The van der Waals surface area contributed by atoms with Gasteiger partial charge < -0.3 is 10.4 Å². The average Bonchev–Trinajstić information content (AvgIpc) is 2.34. The van der Waals surface area contributed by atoms with Gasteiger partial charge in [-0.05, 0) is 32.1 Å². The van der Waals surface area contributed by atoms with Crippen molar-refractivity contribution in [1.82, 2.24) is 10.0 Å². The quantitative estimate of drug-likeness (QED) is 0.374. The van der Waals surface area contributed by atoms with E-state index in [1.165, 1.54) is 0 Å². The summed E-state index contributed by atoms with van der Waals surface area (Å²) in [6.07, 6.45) is 0.593. The van der Waals surface area contributed by atoms with Gasteiger partial charge in [0.05, 0.1) is 9.82 Å². The fraction of sp³-hybridized carbons (Fsp3) is 0.400. The van der Waals surface area contributed by atoms with Crippen molar-refractivity contribution in [2.45, 2.75) is 11.3 Å². The number of rotatable bonds is 7. The highest BCUT2D eigenvalue weighted by Crippen LogP contribution is 2.27. The van der Waals surface area contributed by atoms with Crippen molar-refractivity contribution in [1.29, 1.82) is 0 Å². The lowest BCUT2D eigenvalue weighted by Crippen LogP contribution is -2.26. The molecule has 0 saturated heterocycles. The Morgan fingerprint density at radius 1 is 1.37 bits per heavy atom. The van der Waals surface area contributed by atoms with Crippen LogP contribution in [0.2, 0.25) is 0 Å². The Morgan fingerprint density at radius 2 is 2.05 bits per heavy atom. The fourth-order valence-corrected chi connectivity index (χ4v) is 2.47. The second kappa shape index (κ2) is 6.45. The highest BCUT2D eigenvalue weighted by atomic mass is 32.2. The molecule has 0 aliphatic heterocycles. The number of hydrogen-bond acceptors (Lipinski definition) is 6. The molecule has 3 N–H and O–H groups in total. The van der Waals surface area contributed by atoms with Gasteiger partial charge in [0, 0.05) is 12.6 Å². The molecule has 1 aromatic rings. The van der Waals surface area contributed by atoms with E-state index in [0.29, 0.717) is 13.0 Å². The Balaban J connectivity index is 2.89. The Bertz CT molecular complexity index is 558. The zero-order valence-corrected chi connectivity index (χ0v) is 11.1. The third-order valence-electron chi connectivity index (χ3n) is 2.35. The van der Waals surface area contributed by atoms with Gasteiger partial charge in [-0.3, -0.25) is 10.1 Å². The predicted molar refractivity (Wildman–Crippen MR) is 68.5 cm³/mol. The second-order valence-corrected chi connectivity index (χ2v) is 5.53. The number of sulfonamides is 1. The smallest absolute Gasteiger partial charge is 0.312 e. The van der Waals surface area contributed by atoms with E-state index in [-0.39, 0.29) is 11.4 Å². The zero-order chi connectivity index (χ0) is 14.5. The van der Waals surface area contributed by atoms with Gasteiger partial charge >= 0.3 is 5.69 Å². The average molecular weight is 289 g/mol. The summed E-state index contributed by atoms with van der Waals surface area (Å²) in [4.78, 5) is 9.54. The number of nitrogens with zero attached hydrogens (tertiary/aromatic N) is 1. The fourth-order valence-electron chi connectivity index (χ4n) is 1.37. The molecule has 0 saturated carbocycles. The summed E-state index contributed by atoms with van der Waals surface area (Å²) in [7, 11) is -2.06. The summed E-state index contributed by atoms with van der Waals surface area (Å²) in [6, 6.07) is 2.93. The summed E-state index contributed by atoms with van der Waals surface area (Å²) < 4.78 is 26.0. The van der Waals surface area contributed by atoms with Crippen LogP contribution in [0, 0.1) is 10.1 Å². The largest absolute Gasteiger partial charge is 0.502 e. The zero-order valence-electron chi connectivity index (χ0n) is 10.3. The maximum absolute atomic E-state index is 11.8. The van der Waals surface area contributed by atoms with Gasteiger partial charge in [0.25, 0.3) is 0 Å². The Labute approximate surface area is 110 Å². The summed E-state index contributed by atoms with van der Waals surface area (Å²) in [5, 5.41) is 22.7. The first kappa shape index (κ1) is 15.3. The Morgan fingerprint density at radius 3 is 2.63 bits per heavy atom. The van der Waals surface area contributed by atoms with Gasteiger partial charge in [-0.15, -0.1) is 0 Å². The molecular weight excluding hydrogens is 274 g/mol. The number of aromatic hydroxyl groups is 1. The number of phenols is 1. The first-order valence-electron chi connectivity index (χ1n) is 5.50. The molecule has 0 aliphatic rings. The van der Waals surface area contributed by atoms with Crippen LogP contribution >= 0.6 is 0 Å². The maximum atomic E-state index is 11.8. The van der Waals surface area contributed by atoms with Crippen LogP contribution in [-0.4, -0.2) is 38.6 Å². The Hall–Kier alpha value is -1.71. The summed E-state index contributed by atoms with van der Waals surface area (Å²) in [6.45, 7) is 0.871. The molecule has 19 heavy (non-hydrogen) atoms. The third kappa shape index (κ3) is 4.16. The standard InChI is InChI=1S/C10H15N3O5S/c1-11-5-2-6-12-19(17,18)8-3-4-10(14)9(7-8)13(15)16/h3-4,7,11-12,14H,2,5-6H2,1H3. The number of hydrogen-bond donors (Lipinski definition) is 3. The molecule has 0 radical (unpaired) electrons. The first-order chi connectivity index (χ1) is 8.88. The molecule has 0 aromatic heterocycles. The van der Waals surface area contributed by atoms with Crippen LogP contribution in [-0.2, 0) is 10.0 Å². The lowest BCUT2D eigenvalue weighted by atomic mass is 10.3. The van der Waals surface area contributed by atoms with E-state index in [1.54, 1.807) is 7.05 Å². The molecule has 106 valence electrons. The first-order valence-corrected chi connectivity index (χ1v) is 6.98. The number of nitro groups is 1. The van der Waals surface area contributed by atoms with Crippen molar-refractivity contribution in [3.63, 3.8) is 0 Å². The van der Waals surface area contributed by atoms with Crippen molar-refractivity contribution in [2.24, 2.45) is 0 Å². The molecule has 0 atom stereocenters. The normalized spacial score (nSPS) is 11.4. The monoisotopic (exact) mass is 289 g/mol. The lowest BCUT2D eigenvalue weighted by molar-refractivity contribution is -0.386. The molecule has 0 spiro atoms. The number of benzene rings is 1. The molecule has 1 rings (SSSR count). The van der Waals surface area contributed by atoms with Crippen molar-refractivity contribution >= 4 is 15.7 Å². The van der Waals surface area contributed by atoms with Crippen molar-refractivity contribution in [3.8, 4) is 5.75 Å². The van der Waals surface area contributed by atoms with E-state index in [4.69, 9.17) is 0 Å².